The Morgan fingerprint density at radius 3 is 1.94 bits per heavy atom. The Morgan fingerprint density at radius 2 is 1.23 bits per heavy atom. The van der Waals surface area contributed by atoms with Crippen molar-refractivity contribution in [1.29, 1.82) is 0 Å². The van der Waals surface area contributed by atoms with Gasteiger partial charge in [-0.3, -0.25) is 0 Å². The van der Waals surface area contributed by atoms with Gasteiger partial charge in [0.2, 0.25) is 0 Å². The van der Waals surface area contributed by atoms with Crippen molar-refractivity contribution in [2.24, 2.45) is 0 Å². The van der Waals surface area contributed by atoms with Crippen LogP contribution in [0.3, 0.4) is 0 Å². The topological polar surface area (TPSA) is 43.9 Å². The summed E-state index contributed by atoms with van der Waals surface area (Å²) >= 11 is 0. The normalized spacial score (nSPS) is 12.8. The molecule has 0 saturated carbocycles. The molecule has 48 heavy (non-hydrogen) atoms. The zero-order valence-electron chi connectivity index (χ0n) is 26.1. The molecule has 0 saturated heterocycles. The van der Waals surface area contributed by atoms with Crippen LogP contribution < -0.4 is 0 Å². The monoisotopic (exact) mass is 615 g/mol. The predicted octanol–water partition coefficient (Wildman–Crippen LogP) is 11.4. The molecule has 0 aliphatic heterocycles. The van der Waals surface area contributed by atoms with E-state index < -0.39 is 0 Å². The van der Waals surface area contributed by atoms with E-state index in [2.05, 4.69) is 120 Å². The maximum atomic E-state index is 6.42. The molecule has 0 amide bonds. The molecule has 3 aromatic heterocycles. The van der Waals surface area contributed by atoms with E-state index in [1.807, 2.05) is 36.4 Å². The summed E-state index contributed by atoms with van der Waals surface area (Å²) in [6.45, 7) is 0. The molecule has 9 aromatic rings. The Kier molecular flexibility index (Phi) is 5.97. The standard InChI is InChI=1S/C44H29N3O/c1-3-11-28(12-4-1)36-27-37(29-13-5-2-6-14-29)46-44(45-36)30-19-21-33(22-20-30)47-38-23-24-41-43(34-17-9-10-18-40(34)48-41)42(38)35-25-31-15-7-8-16-32(31)26-39(35)47/h1-9,11-17,19-27H,10,18H2. The molecule has 226 valence electrons. The van der Waals surface area contributed by atoms with E-state index in [0.29, 0.717) is 5.82 Å². The fourth-order valence-corrected chi connectivity index (χ4v) is 7.36. The fourth-order valence-electron chi connectivity index (χ4n) is 7.36. The van der Waals surface area contributed by atoms with Crippen molar-refractivity contribution in [3.8, 4) is 39.6 Å². The third kappa shape index (κ3) is 4.23. The van der Waals surface area contributed by atoms with Gasteiger partial charge in [-0.2, -0.15) is 0 Å². The molecule has 4 heteroatoms. The van der Waals surface area contributed by atoms with Crippen LogP contribution in [0.4, 0.5) is 0 Å². The second-order valence-electron chi connectivity index (χ2n) is 12.5. The Hall–Kier alpha value is -6.26. The van der Waals surface area contributed by atoms with Crippen molar-refractivity contribution in [3.63, 3.8) is 0 Å². The molecule has 1 aliphatic rings. The summed E-state index contributed by atoms with van der Waals surface area (Å²) in [5.41, 5.74) is 10.5. The van der Waals surface area contributed by atoms with E-state index in [-0.39, 0.29) is 0 Å². The van der Waals surface area contributed by atoms with Gasteiger partial charge in [-0.25, -0.2) is 9.97 Å². The molecule has 0 radical (unpaired) electrons. The number of benzene rings is 6. The zero-order valence-corrected chi connectivity index (χ0v) is 26.1. The number of nitrogens with zero attached hydrogens (tertiary/aromatic N) is 3. The lowest BCUT2D eigenvalue weighted by Gasteiger charge is -2.11. The van der Waals surface area contributed by atoms with Gasteiger partial charge in [-0.1, -0.05) is 97.1 Å². The molecule has 6 aromatic carbocycles. The summed E-state index contributed by atoms with van der Waals surface area (Å²) in [5, 5.41) is 6.12. The Morgan fingerprint density at radius 1 is 0.562 bits per heavy atom. The number of aromatic nitrogens is 3. The van der Waals surface area contributed by atoms with Crippen molar-refractivity contribution >= 4 is 49.6 Å². The Labute approximate surface area is 277 Å². The van der Waals surface area contributed by atoms with E-state index in [0.717, 1.165) is 63.5 Å². The highest BCUT2D eigenvalue weighted by Gasteiger charge is 2.22. The molecular weight excluding hydrogens is 587 g/mol. The zero-order chi connectivity index (χ0) is 31.6. The first kappa shape index (κ1) is 26.9. The van der Waals surface area contributed by atoms with E-state index >= 15 is 0 Å². The Balaban J connectivity index is 1.18. The quantitative estimate of drug-likeness (QED) is 0.198. The number of rotatable bonds is 4. The molecule has 0 N–H and O–H groups in total. The van der Waals surface area contributed by atoms with E-state index in [9.17, 15) is 0 Å². The number of furan rings is 1. The molecule has 0 fully saturated rings. The van der Waals surface area contributed by atoms with E-state index in [4.69, 9.17) is 14.4 Å². The van der Waals surface area contributed by atoms with Crippen LogP contribution in [0.5, 0.6) is 0 Å². The van der Waals surface area contributed by atoms with Gasteiger partial charge < -0.3 is 8.98 Å². The lowest BCUT2D eigenvalue weighted by molar-refractivity contribution is 0.546. The third-order valence-corrected chi connectivity index (χ3v) is 9.63. The predicted molar refractivity (Wildman–Crippen MR) is 197 cm³/mol. The van der Waals surface area contributed by atoms with Crippen molar-refractivity contribution in [3.05, 3.63) is 157 Å². The molecule has 1 aliphatic carbocycles. The molecule has 0 unspecified atom stereocenters. The summed E-state index contributed by atoms with van der Waals surface area (Å²) in [4.78, 5) is 10.1. The van der Waals surface area contributed by atoms with Crippen LogP contribution in [0.15, 0.2) is 150 Å². The highest BCUT2D eigenvalue weighted by molar-refractivity contribution is 6.24. The van der Waals surface area contributed by atoms with Gasteiger partial charge in [-0.05, 0) is 71.8 Å². The first-order valence-corrected chi connectivity index (χ1v) is 16.5. The molecule has 3 heterocycles. The molecular formula is C44H29N3O. The van der Waals surface area contributed by atoms with Crippen LogP contribution in [0.1, 0.15) is 17.7 Å². The van der Waals surface area contributed by atoms with Crippen LogP contribution in [-0.4, -0.2) is 14.5 Å². The summed E-state index contributed by atoms with van der Waals surface area (Å²) < 4.78 is 8.82. The average Bonchev–Trinajstić information content (AvgIpc) is 3.69. The summed E-state index contributed by atoms with van der Waals surface area (Å²) in [5.74, 6) is 1.78. The molecule has 0 atom stereocenters. The maximum absolute atomic E-state index is 6.42. The Bertz CT molecular complexity index is 2640. The van der Waals surface area contributed by atoms with Gasteiger partial charge >= 0.3 is 0 Å². The highest BCUT2D eigenvalue weighted by Crippen LogP contribution is 2.43. The van der Waals surface area contributed by atoms with E-state index in [1.54, 1.807) is 0 Å². The van der Waals surface area contributed by atoms with Crippen molar-refractivity contribution < 1.29 is 4.42 Å². The molecule has 0 bridgehead atoms. The highest BCUT2D eigenvalue weighted by atomic mass is 16.3. The summed E-state index contributed by atoms with van der Waals surface area (Å²) in [6.07, 6.45) is 6.46. The van der Waals surface area contributed by atoms with Gasteiger partial charge in [0.25, 0.3) is 0 Å². The van der Waals surface area contributed by atoms with Gasteiger partial charge in [0, 0.05) is 50.5 Å². The second-order valence-corrected chi connectivity index (χ2v) is 12.5. The number of hydrogen-bond acceptors (Lipinski definition) is 3. The third-order valence-electron chi connectivity index (χ3n) is 9.63. The van der Waals surface area contributed by atoms with E-state index in [1.165, 1.54) is 38.0 Å². The van der Waals surface area contributed by atoms with Crippen LogP contribution in [0, 0.1) is 0 Å². The van der Waals surface area contributed by atoms with Crippen LogP contribution in [0.2, 0.25) is 0 Å². The second kappa shape index (κ2) is 10.6. The lowest BCUT2D eigenvalue weighted by Crippen LogP contribution is -1.97. The summed E-state index contributed by atoms with van der Waals surface area (Å²) in [7, 11) is 0. The number of aryl methyl sites for hydroxylation is 1. The smallest absolute Gasteiger partial charge is 0.160 e. The fraction of sp³-hybridized carbons (Fsp3) is 0.0455. The van der Waals surface area contributed by atoms with Gasteiger partial charge in [0.1, 0.15) is 11.3 Å². The van der Waals surface area contributed by atoms with Crippen molar-refractivity contribution in [2.45, 2.75) is 12.8 Å². The average molecular weight is 616 g/mol. The SMILES string of the molecule is C1=Cc2c(oc3ccc4c(c5cc6ccccc6cc5n4-c4ccc(-c5nc(-c6ccccc6)cc(-c6ccccc6)n5)cc4)c23)CC1. The van der Waals surface area contributed by atoms with Crippen LogP contribution >= 0.6 is 0 Å². The summed E-state index contributed by atoms with van der Waals surface area (Å²) in [6, 6.07) is 49.0. The largest absolute Gasteiger partial charge is 0.460 e. The van der Waals surface area contributed by atoms with Crippen molar-refractivity contribution in [1.82, 2.24) is 14.5 Å². The van der Waals surface area contributed by atoms with Gasteiger partial charge in [0.05, 0.1) is 22.4 Å². The minimum absolute atomic E-state index is 0.702. The van der Waals surface area contributed by atoms with Gasteiger partial charge in [-0.15, -0.1) is 0 Å². The molecule has 4 nitrogen and oxygen atoms in total. The van der Waals surface area contributed by atoms with Crippen LogP contribution in [-0.2, 0) is 6.42 Å². The molecule has 0 spiro atoms. The van der Waals surface area contributed by atoms with Crippen molar-refractivity contribution in [2.75, 3.05) is 0 Å². The first-order valence-electron chi connectivity index (χ1n) is 16.5. The number of allylic oxidation sites excluding steroid dienone is 1. The van der Waals surface area contributed by atoms with Crippen LogP contribution in [0.25, 0.3) is 89.2 Å². The van der Waals surface area contributed by atoms with Gasteiger partial charge in [0.15, 0.2) is 5.82 Å². The minimum atomic E-state index is 0.702. The number of hydrogen-bond donors (Lipinski definition) is 0. The molecule has 10 rings (SSSR count). The maximum Gasteiger partial charge on any atom is 0.160 e. The minimum Gasteiger partial charge on any atom is -0.460 e. The number of fused-ring (bicyclic) bond motifs is 8. The lowest BCUT2D eigenvalue weighted by atomic mass is 9.98. The first-order chi connectivity index (χ1) is 23.8.